The molecule has 0 atom stereocenters. The van der Waals surface area contributed by atoms with Crippen molar-refractivity contribution < 1.29 is 5.11 Å². The number of aliphatic hydroxyl groups is 1. The Labute approximate surface area is 126 Å². The fourth-order valence-corrected chi connectivity index (χ4v) is 2.89. The van der Waals surface area contributed by atoms with E-state index >= 15 is 0 Å². The van der Waals surface area contributed by atoms with Crippen LogP contribution in [0.5, 0.6) is 0 Å². The minimum atomic E-state index is -0.527. The first kappa shape index (κ1) is 14.6. The van der Waals surface area contributed by atoms with Crippen LogP contribution in [-0.4, -0.2) is 40.3 Å². The maximum absolute atomic E-state index is 10.1. The molecule has 1 aliphatic carbocycles. The van der Waals surface area contributed by atoms with Gasteiger partial charge in [0.2, 0.25) is 0 Å². The zero-order valence-electron chi connectivity index (χ0n) is 13.3. The van der Waals surface area contributed by atoms with Crippen LogP contribution >= 0.6 is 0 Å². The summed E-state index contributed by atoms with van der Waals surface area (Å²) in [4.78, 5) is 11.9. The average Bonchev–Trinajstić information content (AvgIpc) is 3.26. The molecule has 0 aromatic carbocycles. The zero-order valence-corrected chi connectivity index (χ0v) is 13.3. The lowest BCUT2D eigenvalue weighted by atomic mass is 9.94. The van der Waals surface area contributed by atoms with Crippen LogP contribution in [0.2, 0.25) is 0 Å². The van der Waals surface area contributed by atoms with Gasteiger partial charge in [0.1, 0.15) is 17.5 Å². The van der Waals surface area contributed by atoms with Crippen molar-refractivity contribution in [1.29, 1.82) is 0 Å². The predicted octanol–water partition coefficient (Wildman–Crippen LogP) is 2.45. The van der Waals surface area contributed by atoms with Crippen LogP contribution in [-0.2, 0) is 0 Å². The highest BCUT2D eigenvalue weighted by atomic mass is 16.3. The van der Waals surface area contributed by atoms with Gasteiger partial charge in [-0.2, -0.15) is 0 Å². The first-order valence-corrected chi connectivity index (χ1v) is 8.10. The standard InChI is InChI=1S/C16H26N4O/c1-4-17-13-11(2)15(19-14(18-13)12-5-6-12)20-9-7-16(3,21)8-10-20/h12,21H,4-10H2,1-3H3,(H,17,18,19). The molecule has 2 heterocycles. The molecule has 5 heteroatoms. The van der Waals surface area contributed by atoms with E-state index < -0.39 is 5.60 Å². The Bertz CT molecular complexity index is 515. The van der Waals surface area contributed by atoms with Gasteiger partial charge >= 0.3 is 0 Å². The molecule has 1 saturated heterocycles. The largest absolute Gasteiger partial charge is 0.390 e. The van der Waals surface area contributed by atoms with Crippen molar-refractivity contribution in [2.75, 3.05) is 29.9 Å². The Balaban J connectivity index is 1.89. The molecule has 0 spiro atoms. The molecule has 1 aromatic rings. The topological polar surface area (TPSA) is 61.3 Å². The summed E-state index contributed by atoms with van der Waals surface area (Å²) in [6, 6.07) is 0. The Morgan fingerprint density at radius 1 is 1.29 bits per heavy atom. The molecule has 2 aliphatic rings. The van der Waals surface area contributed by atoms with Gasteiger partial charge in [-0.3, -0.25) is 0 Å². The van der Waals surface area contributed by atoms with Gasteiger partial charge in [-0.15, -0.1) is 0 Å². The van der Waals surface area contributed by atoms with Crippen molar-refractivity contribution in [2.24, 2.45) is 0 Å². The molecule has 116 valence electrons. The van der Waals surface area contributed by atoms with Crippen LogP contribution in [0.4, 0.5) is 11.6 Å². The van der Waals surface area contributed by atoms with Gasteiger partial charge < -0.3 is 15.3 Å². The molecular formula is C16H26N4O. The van der Waals surface area contributed by atoms with Gasteiger partial charge in [-0.05, 0) is 46.5 Å². The van der Waals surface area contributed by atoms with Gasteiger partial charge in [0.15, 0.2) is 0 Å². The van der Waals surface area contributed by atoms with Gasteiger partial charge in [0.25, 0.3) is 0 Å². The first-order valence-electron chi connectivity index (χ1n) is 8.10. The number of hydrogen-bond acceptors (Lipinski definition) is 5. The van der Waals surface area contributed by atoms with Crippen molar-refractivity contribution in [2.45, 2.75) is 58.0 Å². The van der Waals surface area contributed by atoms with Crippen LogP contribution < -0.4 is 10.2 Å². The second-order valence-electron chi connectivity index (χ2n) is 6.67. The number of hydrogen-bond donors (Lipinski definition) is 2. The molecule has 3 rings (SSSR count). The highest BCUT2D eigenvalue weighted by Gasteiger charge is 2.32. The summed E-state index contributed by atoms with van der Waals surface area (Å²) in [6.07, 6.45) is 4.02. The number of aromatic nitrogens is 2. The summed E-state index contributed by atoms with van der Waals surface area (Å²) in [5.41, 5.74) is 0.601. The second-order valence-corrected chi connectivity index (χ2v) is 6.67. The third-order valence-corrected chi connectivity index (χ3v) is 4.56. The van der Waals surface area contributed by atoms with E-state index in [1.54, 1.807) is 0 Å². The molecule has 1 aliphatic heterocycles. The van der Waals surface area contributed by atoms with E-state index in [1.807, 2.05) is 6.92 Å². The van der Waals surface area contributed by atoms with Crippen molar-refractivity contribution >= 4 is 11.6 Å². The van der Waals surface area contributed by atoms with E-state index in [-0.39, 0.29) is 0 Å². The van der Waals surface area contributed by atoms with Gasteiger partial charge in [-0.25, -0.2) is 9.97 Å². The molecule has 0 unspecified atom stereocenters. The molecule has 1 aromatic heterocycles. The van der Waals surface area contributed by atoms with E-state index in [4.69, 9.17) is 9.97 Å². The van der Waals surface area contributed by atoms with E-state index in [0.717, 1.165) is 55.5 Å². The molecular weight excluding hydrogens is 264 g/mol. The van der Waals surface area contributed by atoms with Gasteiger partial charge in [0.05, 0.1) is 5.60 Å². The molecule has 0 bridgehead atoms. The molecule has 0 amide bonds. The zero-order chi connectivity index (χ0) is 15.0. The SMILES string of the molecule is CCNc1nc(C2CC2)nc(N2CCC(C)(O)CC2)c1C. The normalized spacial score (nSPS) is 21.4. The molecule has 21 heavy (non-hydrogen) atoms. The van der Waals surface area contributed by atoms with E-state index in [1.165, 1.54) is 12.8 Å². The molecule has 2 fully saturated rings. The minimum Gasteiger partial charge on any atom is -0.390 e. The monoisotopic (exact) mass is 290 g/mol. The molecule has 5 nitrogen and oxygen atoms in total. The lowest BCUT2D eigenvalue weighted by Gasteiger charge is -2.37. The summed E-state index contributed by atoms with van der Waals surface area (Å²) in [6.45, 7) is 8.71. The fraction of sp³-hybridized carbons (Fsp3) is 0.750. The van der Waals surface area contributed by atoms with E-state index in [2.05, 4.69) is 24.1 Å². The molecule has 2 N–H and O–H groups in total. The van der Waals surface area contributed by atoms with Crippen LogP contribution in [0.25, 0.3) is 0 Å². The third-order valence-electron chi connectivity index (χ3n) is 4.56. The van der Waals surface area contributed by atoms with E-state index in [9.17, 15) is 5.11 Å². The smallest absolute Gasteiger partial charge is 0.137 e. The minimum absolute atomic E-state index is 0.527. The van der Waals surface area contributed by atoms with E-state index in [0.29, 0.717) is 5.92 Å². The number of anilines is 2. The highest BCUT2D eigenvalue weighted by molar-refractivity contribution is 5.59. The summed E-state index contributed by atoms with van der Waals surface area (Å²) < 4.78 is 0. The Morgan fingerprint density at radius 3 is 2.52 bits per heavy atom. The van der Waals surface area contributed by atoms with Crippen molar-refractivity contribution in [3.05, 3.63) is 11.4 Å². The van der Waals surface area contributed by atoms with Crippen LogP contribution in [0, 0.1) is 6.92 Å². The van der Waals surface area contributed by atoms with Gasteiger partial charge in [0, 0.05) is 31.1 Å². The average molecular weight is 290 g/mol. The second kappa shape index (κ2) is 5.44. The summed E-state index contributed by atoms with van der Waals surface area (Å²) in [7, 11) is 0. The number of piperidine rings is 1. The highest BCUT2D eigenvalue weighted by Crippen LogP contribution is 2.40. The van der Waals surface area contributed by atoms with Crippen molar-refractivity contribution in [3.8, 4) is 0 Å². The Kier molecular flexibility index (Phi) is 3.78. The quantitative estimate of drug-likeness (QED) is 0.892. The molecule has 1 saturated carbocycles. The number of nitrogens with one attached hydrogen (secondary N) is 1. The third kappa shape index (κ3) is 3.12. The predicted molar refractivity (Wildman–Crippen MR) is 85.0 cm³/mol. The summed E-state index contributed by atoms with van der Waals surface area (Å²) >= 11 is 0. The lowest BCUT2D eigenvalue weighted by molar-refractivity contribution is 0.0350. The first-order chi connectivity index (χ1) is 10.00. The summed E-state index contributed by atoms with van der Waals surface area (Å²) in [5, 5.41) is 13.5. The maximum Gasteiger partial charge on any atom is 0.137 e. The Hall–Kier alpha value is -1.36. The molecule has 0 radical (unpaired) electrons. The van der Waals surface area contributed by atoms with Crippen LogP contribution in [0.1, 0.15) is 56.8 Å². The van der Waals surface area contributed by atoms with Crippen molar-refractivity contribution in [3.63, 3.8) is 0 Å². The number of nitrogens with zero attached hydrogens (tertiary/aromatic N) is 3. The fourth-order valence-electron chi connectivity index (χ4n) is 2.89. The summed E-state index contributed by atoms with van der Waals surface area (Å²) in [5.74, 6) is 3.57. The van der Waals surface area contributed by atoms with Gasteiger partial charge in [-0.1, -0.05) is 0 Å². The Morgan fingerprint density at radius 2 is 1.95 bits per heavy atom. The number of rotatable bonds is 4. The van der Waals surface area contributed by atoms with Crippen molar-refractivity contribution in [1.82, 2.24) is 9.97 Å². The maximum atomic E-state index is 10.1. The van der Waals surface area contributed by atoms with Crippen LogP contribution in [0.3, 0.4) is 0 Å². The lowest BCUT2D eigenvalue weighted by Crippen LogP contribution is -2.43. The van der Waals surface area contributed by atoms with Crippen LogP contribution in [0.15, 0.2) is 0 Å².